The smallest absolute Gasteiger partial charge is 0.322 e. The molecule has 0 bridgehead atoms. The lowest BCUT2D eigenvalue weighted by molar-refractivity contribution is 0.245. The van der Waals surface area contributed by atoms with Crippen LogP contribution in [0.5, 0.6) is 0 Å². The molecule has 3 N–H and O–H groups in total. The quantitative estimate of drug-likeness (QED) is 0.676. The zero-order chi connectivity index (χ0) is 17.8. The van der Waals surface area contributed by atoms with Gasteiger partial charge in [0, 0.05) is 36.9 Å². The van der Waals surface area contributed by atoms with Crippen molar-refractivity contribution < 1.29 is 4.79 Å². The van der Waals surface area contributed by atoms with Crippen molar-refractivity contribution in [1.82, 2.24) is 20.5 Å². The highest BCUT2D eigenvalue weighted by atomic mass is 16.2. The first-order valence-electron chi connectivity index (χ1n) is 8.63. The first-order valence-corrected chi connectivity index (χ1v) is 8.63. The predicted molar refractivity (Wildman–Crippen MR) is 100 cm³/mol. The van der Waals surface area contributed by atoms with Gasteiger partial charge in [0.05, 0.1) is 17.6 Å². The number of hydrogen-bond donors (Lipinski definition) is 3. The zero-order valence-electron chi connectivity index (χ0n) is 14.3. The van der Waals surface area contributed by atoms with Gasteiger partial charge in [-0.2, -0.15) is 5.10 Å². The molecule has 0 atom stereocenters. The third kappa shape index (κ3) is 3.51. The summed E-state index contributed by atoms with van der Waals surface area (Å²) in [6.45, 7) is 1.20. The molecule has 132 valence electrons. The Kier molecular flexibility index (Phi) is 4.51. The number of amides is 2. The largest absolute Gasteiger partial charge is 0.355 e. The van der Waals surface area contributed by atoms with Crippen LogP contribution in [0, 0.1) is 0 Å². The van der Waals surface area contributed by atoms with Gasteiger partial charge in [-0.15, -0.1) is 0 Å². The molecular formula is C19H20N6O. The Morgan fingerprint density at radius 2 is 1.88 bits per heavy atom. The van der Waals surface area contributed by atoms with Crippen molar-refractivity contribution >= 4 is 23.1 Å². The molecule has 7 nitrogen and oxygen atoms in total. The fourth-order valence-electron chi connectivity index (χ4n) is 3.05. The van der Waals surface area contributed by atoms with Crippen molar-refractivity contribution in [2.45, 2.75) is 19.4 Å². The molecular weight excluding hydrogens is 328 g/mol. The fraction of sp³-hybridized carbons (Fsp3) is 0.211. The standard InChI is InChI=1S/C19H20N6O/c26-19(25-11-1-2-17-18(25)13-22-24-17)21-12-14-3-5-15(6-4-14)23-16-7-9-20-10-8-16/h3-10,13H,1-2,11-12H2,(H,20,23)(H,21,26)(H,22,24). The molecule has 0 unspecified atom stereocenters. The maximum atomic E-state index is 12.5. The van der Waals surface area contributed by atoms with E-state index in [-0.39, 0.29) is 6.03 Å². The van der Waals surface area contributed by atoms with Gasteiger partial charge in [0.15, 0.2) is 0 Å². The minimum atomic E-state index is -0.0914. The third-order valence-electron chi connectivity index (χ3n) is 4.41. The summed E-state index contributed by atoms with van der Waals surface area (Å²) in [5.74, 6) is 0. The van der Waals surface area contributed by atoms with Crippen LogP contribution < -0.4 is 15.5 Å². The summed E-state index contributed by atoms with van der Waals surface area (Å²) in [5, 5.41) is 13.3. The topological polar surface area (TPSA) is 85.9 Å². The molecule has 2 aromatic heterocycles. The second-order valence-electron chi connectivity index (χ2n) is 6.21. The van der Waals surface area contributed by atoms with E-state index in [1.807, 2.05) is 36.4 Å². The molecule has 0 fully saturated rings. The molecule has 0 aliphatic carbocycles. The minimum absolute atomic E-state index is 0.0914. The normalized spacial score (nSPS) is 13.2. The Hall–Kier alpha value is -3.35. The number of fused-ring (bicyclic) bond motifs is 1. The number of H-pyrrole nitrogens is 1. The second-order valence-corrected chi connectivity index (χ2v) is 6.21. The molecule has 1 aromatic carbocycles. The molecule has 3 aromatic rings. The van der Waals surface area contributed by atoms with Crippen LogP contribution >= 0.6 is 0 Å². The monoisotopic (exact) mass is 348 g/mol. The van der Waals surface area contributed by atoms with Crippen LogP contribution in [0.2, 0.25) is 0 Å². The Bertz CT molecular complexity index is 875. The predicted octanol–water partition coefficient (Wildman–Crippen LogP) is 3.21. The Balaban J connectivity index is 1.34. The number of urea groups is 1. The van der Waals surface area contributed by atoms with Gasteiger partial charge in [-0.05, 0) is 42.7 Å². The Morgan fingerprint density at radius 3 is 2.69 bits per heavy atom. The Morgan fingerprint density at radius 1 is 1.12 bits per heavy atom. The van der Waals surface area contributed by atoms with Crippen LogP contribution in [0.15, 0.2) is 55.0 Å². The van der Waals surface area contributed by atoms with Crippen LogP contribution in [0.4, 0.5) is 21.9 Å². The molecule has 0 spiro atoms. The SMILES string of the molecule is O=C(NCc1ccc(Nc2ccncc2)cc1)N1CCCc2[nH]ncc21. The molecule has 0 saturated carbocycles. The minimum Gasteiger partial charge on any atom is -0.355 e. The van der Waals surface area contributed by atoms with Gasteiger partial charge in [0.2, 0.25) is 0 Å². The highest BCUT2D eigenvalue weighted by Gasteiger charge is 2.23. The average Bonchev–Trinajstić information content (AvgIpc) is 3.17. The van der Waals surface area contributed by atoms with Crippen LogP contribution in [-0.4, -0.2) is 27.8 Å². The van der Waals surface area contributed by atoms with E-state index < -0.39 is 0 Å². The molecule has 4 rings (SSSR count). The summed E-state index contributed by atoms with van der Waals surface area (Å²) >= 11 is 0. The van der Waals surface area contributed by atoms with Crippen LogP contribution in [-0.2, 0) is 13.0 Å². The number of carbonyl (C=O) groups excluding carboxylic acids is 1. The number of rotatable bonds is 4. The second kappa shape index (κ2) is 7.26. The van der Waals surface area contributed by atoms with E-state index in [9.17, 15) is 4.79 Å². The summed E-state index contributed by atoms with van der Waals surface area (Å²) in [5.41, 5.74) is 4.93. The van der Waals surface area contributed by atoms with E-state index in [1.165, 1.54) is 0 Å². The number of carbonyl (C=O) groups is 1. The molecule has 7 heteroatoms. The summed E-state index contributed by atoms with van der Waals surface area (Å²) in [6.07, 6.45) is 7.09. The van der Waals surface area contributed by atoms with Crippen LogP contribution in [0.3, 0.4) is 0 Å². The summed E-state index contributed by atoms with van der Waals surface area (Å²) in [6, 6.07) is 11.7. The van der Waals surface area contributed by atoms with Crippen LogP contribution in [0.1, 0.15) is 17.7 Å². The molecule has 2 amide bonds. The first-order chi connectivity index (χ1) is 12.8. The number of aromatic nitrogens is 3. The van der Waals surface area contributed by atoms with E-state index in [2.05, 4.69) is 25.8 Å². The van der Waals surface area contributed by atoms with Gasteiger partial charge in [-0.1, -0.05) is 12.1 Å². The third-order valence-corrected chi connectivity index (χ3v) is 4.41. The molecule has 0 radical (unpaired) electrons. The Labute approximate surface area is 151 Å². The maximum absolute atomic E-state index is 12.5. The maximum Gasteiger partial charge on any atom is 0.322 e. The summed E-state index contributed by atoms with van der Waals surface area (Å²) in [7, 11) is 0. The highest BCUT2D eigenvalue weighted by molar-refractivity contribution is 5.92. The van der Waals surface area contributed by atoms with E-state index in [0.717, 1.165) is 41.2 Å². The average molecular weight is 348 g/mol. The number of nitrogens with zero attached hydrogens (tertiary/aromatic N) is 3. The summed E-state index contributed by atoms with van der Waals surface area (Å²) in [4.78, 5) is 18.2. The van der Waals surface area contributed by atoms with Gasteiger partial charge in [-0.25, -0.2) is 4.79 Å². The molecule has 26 heavy (non-hydrogen) atoms. The highest BCUT2D eigenvalue weighted by Crippen LogP contribution is 2.24. The zero-order valence-corrected chi connectivity index (χ0v) is 14.3. The van der Waals surface area contributed by atoms with Gasteiger partial charge in [0.25, 0.3) is 0 Å². The number of aromatic amines is 1. The van der Waals surface area contributed by atoms with Gasteiger partial charge >= 0.3 is 6.03 Å². The number of pyridine rings is 1. The fourth-order valence-corrected chi connectivity index (χ4v) is 3.05. The molecule has 3 heterocycles. The summed E-state index contributed by atoms with van der Waals surface area (Å²) < 4.78 is 0. The van der Waals surface area contributed by atoms with Crippen molar-refractivity contribution in [2.75, 3.05) is 16.8 Å². The van der Waals surface area contributed by atoms with Crippen molar-refractivity contribution in [1.29, 1.82) is 0 Å². The van der Waals surface area contributed by atoms with Gasteiger partial charge in [0.1, 0.15) is 0 Å². The lowest BCUT2D eigenvalue weighted by Crippen LogP contribution is -2.42. The molecule has 1 aliphatic heterocycles. The lowest BCUT2D eigenvalue weighted by Gasteiger charge is -2.26. The van der Waals surface area contributed by atoms with E-state index in [4.69, 9.17) is 0 Å². The molecule has 0 saturated heterocycles. The first kappa shape index (κ1) is 16.1. The van der Waals surface area contributed by atoms with Gasteiger partial charge in [-0.3, -0.25) is 15.0 Å². The van der Waals surface area contributed by atoms with E-state index >= 15 is 0 Å². The molecule has 1 aliphatic rings. The van der Waals surface area contributed by atoms with E-state index in [0.29, 0.717) is 13.1 Å². The van der Waals surface area contributed by atoms with Crippen molar-refractivity contribution in [2.24, 2.45) is 0 Å². The van der Waals surface area contributed by atoms with Crippen molar-refractivity contribution in [3.05, 3.63) is 66.2 Å². The van der Waals surface area contributed by atoms with E-state index in [1.54, 1.807) is 23.5 Å². The number of hydrogen-bond acceptors (Lipinski definition) is 4. The number of anilines is 3. The number of benzene rings is 1. The number of aryl methyl sites for hydroxylation is 1. The van der Waals surface area contributed by atoms with Crippen molar-refractivity contribution in [3.8, 4) is 0 Å². The van der Waals surface area contributed by atoms with Crippen LogP contribution in [0.25, 0.3) is 0 Å². The van der Waals surface area contributed by atoms with Crippen molar-refractivity contribution in [3.63, 3.8) is 0 Å². The number of nitrogens with one attached hydrogen (secondary N) is 3. The lowest BCUT2D eigenvalue weighted by atomic mass is 10.1. The van der Waals surface area contributed by atoms with Gasteiger partial charge < -0.3 is 10.6 Å².